The van der Waals surface area contributed by atoms with Crippen LogP contribution in [0.2, 0.25) is 0 Å². The Morgan fingerprint density at radius 2 is 1.64 bits per heavy atom. The minimum absolute atomic E-state index is 0.00575. The third kappa shape index (κ3) is 5.94. The molecule has 1 aromatic rings. The molecule has 25 heavy (non-hydrogen) atoms. The molecule has 1 N–H and O–H groups in total. The predicted molar refractivity (Wildman–Crippen MR) is 102 cm³/mol. The Morgan fingerprint density at radius 1 is 1.04 bits per heavy atom. The van der Waals surface area contributed by atoms with Crippen molar-refractivity contribution in [3.8, 4) is 0 Å². The SMILES string of the molecule is CC(=O)c1ccc(NC(=O)[C@H](C)N2CCN(CCC(C)C)CC2)cc1. The maximum Gasteiger partial charge on any atom is 0.241 e. The number of carbonyl (C=O) groups is 2. The number of rotatable bonds is 7. The fraction of sp³-hybridized carbons (Fsp3) is 0.600. The van der Waals surface area contributed by atoms with E-state index in [0.717, 1.165) is 44.3 Å². The zero-order valence-electron chi connectivity index (χ0n) is 15.9. The summed E-state index contributed by atoms with van der Waals surface area (Å²) < 4.78 is 0. The number of piperazine rings is 1. The lowest BCUT2D eigenvalue weighted by Gasteiger charge is -2.37. The van der Waals surface area contributed by atoms with Crippen LogP contribution in [0, 0.1) is 5.92 Å². The minimum atomic E-state index is -0.153. The van der Waals surface area contributed by atoms with Crippen molar-refractivity contribution in [1.29, 1.82) is 0 Å². The summed E-state index contributed by atoms with van der Waals surface area (Å²) in [5, 5.41) is 2.95. The number of carbonyl (C=O) groups excluding carboxylic acids is 2. The highest BCUT2D eigenvalue weighted by molar-refractivity contribution is 5.96. The van der Waals surface area contributed by atoms with E-state index in [-0.39, 0.29) is 17.7 Å². The molecule has 138 valence electrons. The molecule has 2 rings (SSSR count). The third-order valence-corrected chi connectivity index (χ3v) is 4.92. The van der Waals surface area contributed by atoms with E-state index < -0.39 is 0 Å². The summed E-state index contributed by atoms with van der Waals surface area (Å²) in [5.74, 6) is 0.768. The first-order valence-corrected chi connectivity index (χ1v) is 9.25. The lowest BCUT2D eigenvalue weighted by atomic mass is 10.1. The smallest absolute Gasteiger partial charge is 0.241 e. The number of ketones is 1. The van der Waals surface area contributed by atoms with Crippen LogP contribution in [-0.4, -0.2) is 60.3 Å². The van der Waals surface area contributed by atoms with Crippen LogP contribution < -0.4 is 5.32 Å². The van der Waals surface area contributed by atoms with Crippen molar-refractivity contribution in [2.24, 2.45) is 5.92 Å². The Morgan fingerprint density at radius 3 is 2.16 bits per heavy atom. The quantitative estimate of drug-likeness (QED) is 0.772. The van der Waals surface area contributed by atoms with E-state index in [1.165, 1.54) is 13.3 Å². The van der Waals surface area contributed by atoms with Crippen molar-refractivity contribution in [2.45, 2.75) is 40.2 Å². The monoisotopic (exact) mass is 345 g/mol. The average molecular weight is 345 g/mol. The molecule has 1 aliphatic heterocycles. The molecule has 1 amide bonds. The van der Waals surface area contributed by atoms with Crippen LogP contribution in [0.3, 0.4) is 0 Å². The topological polar surface area (TPSA) is 52.7 Å². The maximum absolute atomic E-state index is 12.5. The van der Waals surface area contributed by atoms with Crippen LogP contribution in [0.1, 0.15) is 44.5 Å². The molecule has 1 saturated heterocycles. The van der Waals surface area contributed by atoms with E-state index >= 15 is 0 Å². The Bertz CT molecular complexity index is 575. The highest BCUT2D eigenvalue weighted by Gasteiger charge is 2.25. The van der Waals surface area contributed by atoms with Gasteiger partial charge < -0.3 is 10.2 Å². The van der Waals surface area contributed by atoms with Gasteiger partial charge in [0.2, 0.25) is 5.91 Å². The summed E-state index contributed by atoms with van der Waals surface area (Å²) >= 11 is 0. The molecule has 0 unspecified atom stereocenters. The van der Waals surface area contributed by atoms with Crippen molar-refractivity contribution < 1.29 is 9.59 Å². The first-order chi connectivity index (χ1) is 11.9. The van der Waals surface area contributed by atoms with Gasteiger partial charge in [-0.25, -0.2) is 0 Å². The lowest BCUT2D eigenvalue weighted by Crippen LogP contribution is -2.52. The summed E-state index contributed by atoms with van der Waals surface area (Å²) in [4.78, 5) is 28.5. The van der Waals surface area contributed by atoms with Gasteiger partial charge in [-0.1, -0.05) is 13.8 Å². The molecule has 1 aliphatic rings. The molecule has 1 aromatic carbocycles. The summed E-state index contributed by atoms with van der Waals surface area (Å²) in [6, 6.07) is 6.91. The Balaban J connectivity index is 1.81. The van der Waals surface area contributed by atoms with Gasteiger partial charge in [0.15, 0.2) is 5.78 Å². The number of anilines is 1. The summed E-state index contributed by atoms with van der Waals surface area (Å²) in [5.41, 5.74) is 1.39. The number of nitrogens with one attached hydrogen (secondary N) is 1. The van der Waals surface area contributed by atoms with Crippen molar-refractivity contribution in [2.75, 3.05) is 38.0 Å². The van der Waals surface area contributed by atoms with E-state index in [1.807, 2.05) is 6.92 Å². The first kappa shape index (κ1) is 19.6. The molecule has 0 bridgehead atoms. The molecule has 1 atom stereocenters. The fourth-order valence-electron chi connectivity index (χ4n) is 3.02. The zero-order valence-corrected chi connectivity index (χ0v) is 15.9. The average Bonchev–Trinajstić information content (AvgIpc) is 2.60. The van der Waals surface area contributed by atoms with Gasteiger partial charge >= 0.3 is 0 Å². The molecule has 5 heteroatoms. The van der Waals surface area contributed by atoms with Crippen LogP contribution >= 0.6 is 0 Å². The highest BCUT2D eigenvalue weighted by Crippen LogP contribution is 2.13. The van der Waals surface area contributed by atoms with E-state index in [2.05, 4.69) is 29.0 Å². The molecule has 1 heterocycles. The summed E-state index contributed by atoms with van der Waals surface area (Å²) in [6.07, 6.45) is 1.23. The number of hydrogen-bond donors (Lipinski definition) is 1. The summed E-state index contributed by atoms with van der Waals surface area (Å²) in [7, 11) is 0. The molecule has 0 saturated carbocycles. The van der Waals surface area contributed by atoms with Gasteiger partial charge in [-0.05, 0) is 57.0 Å². The van der Waals surface area contributed by atoms with Gasteiger partial charge in [0, 0.05) is 37.4 Å². The standard InChI is InChI=1S/C20H31N3O2/c1-15(2)9-10-22-11-13-23(14-12-22)16(3)20(25)21-19-7-5-18(6-8-19)17(4)24/h5-8,15-16H,9-14H2,1-4H3,(H,21,25)/t16-/m0/s1. The van der Waals surface area contributed by atoms with Crippen molar-refractivity contribution in [1.82, 2.24) is 9.80 Å². The van der Waals surface area contributed by atoms with Gasteiger partial charge in [-0.15, -0.1) is 0 Å². The highest BCUT2D eigenvalue weighted by atomic mass is 16.2. The van der Waals surface area contributed by atoms with Gasteiger partial charge in [-0.3, -0.25) is 14.5 Å². The van der Waals surface area contributed by atoms with Gasteiger partial charge in [0.25, 0.3) is 0 Å². The normalized spacial score (nSPS) is 17.5. The maximum atomic E-state index is 12.5. The zero-order chi connectivity index (χ0) is 18.4. The molecule has 0 radical (unpaired) electrons. The number of amides is 1. The fourth-order valence-corrected chi connectivity index (χ4v) is 3.02. The third-order valence-electron chi connectivity index (χ3n) is 4.92. The Hall–Kier alpha value is -1.72. The van der Waals surface area contributed by atoms with E-state index in [4.69, 9.17) is 0 Å². The summed E-state index contributed by atoms with van der Waals surface area (Å²) in [6.45, 7) is 13.1. The minimum Gasteiger partial charge on any atom is -0.325 e. The van der Waals surface area contributed by atoms with Crippen molar-refractivity contribution >= 4 is 17.4 Å². The van der Waals surface area contributed by atoms with E-state index in [1.54, 1.807) is 24.3 Å². The molecular formula is C20H31N3O2. The van der Waals surface area contributed by atoms with Gasteiger partial charge in [0.05, 0.1) is 6.04 Å². The molecule has 5 nitrogen and oxygen atoms in total. The number of hydrogen-bond acceptors (Lipinski definition) is 4. The second-order valence-electron chi connectivity index (χ2n) is 7.36. The second kappa shape index (κ2) is 9.11. The number of nitrogens with zero attached hydrogens (tertiary/aromatic N) is 2. The Kier molecular flexibility index (Phi) is 7.14. The predicted octanol–water partition coefficient (Wildman–Crippen LogP) is 2.88. The largest absolute Gasteiger partial charge is 0.325 e. The molecular weight excluding hydrogens is 314 g/mol. The van der Waals surface area contributed by atoms with Crippen LogP contribution in [0.25, 0.3) is 0 Å². The second-order valence-corrected chi connectivity index (χ2v) is 7.36. The van der Waals surface area contributed by atoms with Crippen molar-refractivity contribution in [3.05, 3.63) is 29.8 Å². The van der Waals surface area contributed by atoms with Crippen LogP contribution in [0.4, 0.5) is 5.69 Å². The van der Waals surface area contributed by atoms with Crippen LogP contribution in [-0.2, 0) is 4.79 Å². The number of benzene rings is 1. The van der Waals surface area contributed by atoms with E-state index in [0.29, 0.717) is 5.56 Å². The van der Waals surface area contributed by atoms with Crippen molar-refractivity contribution in [3.63, 3.8) is 0 Å². The Labute approximate surface area is 151 Å². The lowest BCUT2D eigenvalue weighted by molar-refractivity contribution is -0.121. The van der Waals surface area contributed by atoms with Crippen LogP contribution in [0.15, 0.2) is 24.3 Å². The van der Waals surface area contributed by atoms with Crippen LogP contribution in [0.5, 0.6) is 0 Å². The van der Waals surface area contributed by atoms with Gasteiger partial charge in [0.1, 0.15) is 0 Å². The molecule has 0 aromatic heterocycles. The number of Topliss-reactive ketones (excluding diaryl/α,β-unsaturated/α-hetero) is 1. The molecule has 1 fully saturated rings. The molecule has 0 spiro atoms. The first-order valence-electron chi connectivity index (χ1n) is 9.25. The van der Waals surface area contributed by atoms with Gasteiger partial charge in [-0.2, -0.15) is 0 Å². The van der Waals surface area contributed by atoms with E-state index in [9.17, 15) is 9.59 Å². The molecule has 0 aliphatic carbocycles.